The summed E-state index contributed by atoms with van der Waals surface area (Å²) in [6.07, 6.45) is 1.04. The van der Waals surface area contributed by atoms with Crippen LogP contribution in [0.4, 0.5) is 0 Å². The molecule has 25 heavy (non-hydrogen) atoms. The Balaban J connectivity index is 2.08. The van der Waals surface area contributed by atoms with Crippen LogP contribution in [0, 0.1) is 6.92 Å². The highest BCUT2D eigenvalue weighted by atomic mass is 32.2. The third-order valence-corrected chi connectivity index (χ3v) is 6.05. The summed E-state index contributed by atoms with van der Waals surface area (Å²) in [5.41, 5.74) is 1.10. The molecule has 0 spiro atoms. The normalized spacial score (nSPS) is 19.5. The summed E-state index contributed by atoms with van der Waals surface area (Å²) in [6, 6.07) is 14.2. The Bertz CT molecular complexity index is 909. The Kier molecular flexibility index (Phi) is 4.47. The Hall–Kier alpha value is -2.11. The van der Waals surface area contributed by atoms with E-state index in [0.29, 0.717) is 5.75 Å². The van der Waals surface area contributed by atoms with Gasteiger partial charge >= 0.3 is 0 Å². The second-order valence-electron chi connectivity index (χ2n) is 6.74. The Morgan fingerprint density at radius 3 is 2.40 bits per heavy atom. The molecule has 0 N–H and O–H groups in total. The van der Waals surface area contributed by atoms with Gasteiger partial charge in [-0.05, 0) is 56.7 Å². The molecule has 0 bridgehead atoms. The maximum absolute atomic E-state index is 13.2. The van der Waals surface area contributed by atoms with Crippen LogP contribution in [0.1, 0.15) is 31.1 Å². The van der Waals surface area contributed by atoms with Gasteiger partial charge in [0.1, 0.15) is 11.9 Å². The molecule has 132 valence electrons. The van der Waals surface area contributed by atoms with Crippen LogP contribution in [0.25, 0.3) is 0 Å². The zero-order valence-electron chi connectivity index (χ0n) is 14.8. The van der Waals surface area contributed by atoms with Crippen molar-refractivity contribution in [3.8, 4) is 5.75 Å². The van der Waals surface area contributed by atoms with Crippen molar-refractivity contribution >= 4 is 9.84 Å². The fourth-order valence-electron chi connectivity index (χ4n) is 2.92. The first-order chi connectivity index (χ1) is 11.7. The van der Waals surface area contributed by atoms with Crippen molar-refractivity contribution in [2.75, 3.05) is 7.11 Å². The van der Waals surface area contributed by atoms with Crippen LogP contribution < -0.4 is 4.74 Å². The SMILES string of the molecule is COc1cccc(C2OC(C)(C)C=C2S(=O)(=O)c2ccc(C)cc2)c1. The summed E-state index contributed by atoms with van der Waals surface area (Å²) >= 11 is 0. The van der Waals surface area contributed by atoms with E-state index in [1.807, 2.05) is 45.0 Å². The Labute approximate surface area is 149 Å². The molecule has 0 aliphatic carbocycles. The summed E-state index contributed by atoms with van der Waals surface area (Å²) < 4.78 is 37.7. The van der Waals surface area contributed by atoms with E-state index in [1.54, 1.807) is 37.5 Å². The summed E-state index contributed by atoms with van der Waals surface area (Å²) in [4.78, 5) is 0.549. The lowest BCUT2D eigenvalue weighted by molar-refractivity contribution is -0.000514. The molecule has 1 aliphatic rings. The van der Waals surface area contributed by atoms with Crippen molar-refractivity contribution in [2.45, 2.75) is 37.4 Å². The number of ether oxygens (including phenoxy) is 2. The molecule has 0 aromatic heterocycles. The Morgan fingerprint density at radius 2 is 1.76 bits per heavy atom. The van der Waals surface area contributed by atoms with Crippen molar-refractivity contribution in [3.63, 3.8) is 0 Å². The molecule has 1 heterocycles. The van der Waals surface area contributed by atoms with Gasteiger partial charge in [-0.1, -0.05) is 29.8 Å². The molecule has 1 atom stereocenters. The molecule has 5 heteroatoms. The third kappa shape index (κ3) is 3.48. The largest absolute Gasteiger partial charge is 0.497 e. The van der Waals surface area contributed by atoms with Gasteiger partial charge in [-0.15, -0.1) is 0 Å². The standard InChI is InChI=1S/C20H22O4S/c1-14-8-10-17(11-9-14)25(21,22)18-13-20(2,3)24-19(18)15-6-5-7-16(12-15)23-4/h5-13,19H,1-4H3. The van der Waals surface area contributed by atoms with Gasteiger partial charge in [0.2, 0.25) is 9.84 Å². The van der Waals surface area contributed by atoms with Gasteiger partial charge in [0, 0.05) is 0 Å². The van der Waals surface area contributed by atoms with Gasteiger partial charge in [0.15, 0.2) is 0 Å². The molecule has 1 unspecified atom stereocenters. The quantitative estimate of drug-likeness (QED) is 0.821. The minimum atomic E-state index is -3.65. The molecule has 0 saturated heterocycles. The highest BCUT2D eigenvalue weighted by molar-refractivity contribution is 7.95. The smallest absolute Gasteiger partial charge is 0.205 e. The van der Waals surface area contributed by atoms with Gasteiger partial charge in [0.05, 0.1) is 22.5 Å². The molecule has 0 amide bonds. The molecule has 2 aromatic rings. The summed E-state index contributed by atoms with van der Waals surface area (Å²) in [7, 11) is -2.07. The topological polar surface area (TPSA) is 52.6 Å². The van der Waals surface area contributed by atoms with E-state index in [1.165, 1.54) is 0 Å². The molecule has 4 nitrogen and oxygen atoms in total. The van der Waals surface area contributed by atoms with Crippen LogP contribution in [0.15, 0.2) is 64.4 Å². The lowest BCUT2D eigenvalue weighted by Crippen LogP contribution is -2.18. The first-order valence-electron chi connectivity index (χ1n) is 8.09. The first-order valence-corrected chi connectivity index (χ1v) is 9.57. The van der Waals surface area contributed by atoms with Crippen LogP contribution >= 0.6 is 0 Å². The van der Waals surface area contributed by atoms with Crippen LogP contribution in [0.5, 0.6) is 5.75 Å². The Morgan fingerprint density at radius 1 is 1.08 bits per heavy atom. The average Bonchev–Trinajstić information content (AvgIpc) is 2.92. The minimum absolute atomic E-state index is 0.273. The maximum Gasteiger partial charge on any atom is 0.205 e. The molecule has 0 fully saturated rings. The van der Waals surface area contributed by atoms with Crippen molar-refractivity contribution < 1.29 is 17.9 Å². The van der Waals surface area contributed by atoms with Crippen LogP contribution in [0.2, 0.25) is 0 Å². The van der Waals surface area contributed by atoms with Gasteiger partial charge in [0.25, 0.3) is 0 Å². The highest BCUT2D eigenvalue weighted by Crippen LogP contribution is 2.43. The number of hydrogen-bond acceptors (Lipinski definition) is 4. The molecule has 0 radical (unpaired) electrons. The van der Waals surface area contributed by atoms with Gasteiger partial charge < -0.3 is 9.47 Å². The van der Waals surface area contributed by atoms with E-state index in [9.17, 15) is 8.42 Å². The lowest BCUT2D eigenvalue weighted by atomic mass is 10.1. The van der Waals surface area contributed by atoms with Crippen molar-refractivity contribution in [1.29, 1.82) is 0 Å². The van der Waals surface area contributed by atoms with Crippen molar-refractivity contribution in [1.82, 2.24) is 0 Å². The zero-order chi connectivity index (χ0) is 18.2. The monoisotopic (exact) mass is 358 g/mol. The minimum Gasteiger partial charge on any atom is -0.497 e. The molecule has 3 rings (SSSR count). The number of rotatable bonds is 4. The van der Waals surface area contributed by atoms with Crippen molar-refractivity contribution in [2.24, 2.45) is 0 Å². The molecule has 0 saturated carbocycles. The fourth-order valence-corrected chi connectivity index (χ4v) is 4.59. The number of aryl methyl sites for hydroxylation is 1. The second kappa shape index (κ2) is 6.32. The molecular formula is C20H22O4S. The first kappa shape index (κ1) is 17.7. The summed E-state index contributed by atoms with van der Waals surface area (Å²) in [5, 5.41) is 0. The summed E-state index contributed by atoms with van der Waals surface area (Å²) in [6.45, 7) is 5.65. The zero-order valence-corrected chi connectivity index (χ0v) is 15.6. The van der Waals surface area contributed by atoms with E-state index < -0.39 is 21.5 Å². The molecule has 2 aromatic carbocycles. The number of methoxy groups -OCH3 is 1. The predicted molar refractivity (Wildman–Crippen MR) is 97.3 cm³/mol. The highest BCUT2D eigenvalue weighted by Gasteiger charge is 2.40. The van der Waals surface area contributed by atoms with Crippen molar-refractivity contribution in [3.05, 3.63) is 70.6 Å². The van der Waals surface area contributed by atoms with Gasteiger partial charge in [-0.2, -0.15) is 0 Å². The van der Waals surface area contributed by atoms with Gasteiger partial charge in [-0.25, -0.2) is 8.42 Å². The van der Waals surface area contributed by atoms with Crippen LogP contribution in [0.3, 0.4) is 0 Å². The van der Waals surface area contributed by atoms with E-state index in [0.717, 1.165) is 11.1 Å². The van der Waals surface area contributed by atoms with Crippen LogP contribution in [-0.4, -0.2) is 21.1 Å². The average molecular weight is 358 g/mol. The van der Waals surface area contributed by atoms with E-state index in [-0.39, 0.29) is 9.80 Å². The third-order valence-electron chi connectivity index (χ3n) is 4.21. The lowest BCUT2D eigenvalue weighted by Gasteiger charge is -2.21. The fraction of sp³-hybridized carbons (Fsp3) is 0.300. The molecule has 1 aliphatic heterocycles. The number of benzene rings is 2. The predicted octanol–water partition coefficient (Wildman–Crippen LogP) is 4.21. The van der Waals surface area contributed by atoms with E-state index in [2.05, 4.69) is 0 Å². The van der Waals surface area contributed by atoms with Crippen LogP contribution in [-0.2, 0) is 14.6 Å². The number of hydrogen-bond donors (Lipinski definition) is 0. The van der Waals surface area contributed by atoms with E-state index in [4.69, 9.17) is 9.47 Å². The summed E-state index contributed by atoms with van der Waals surface area (Å²) in [5.74, 6) is 0.665. The maximum atomic E-state index is 13.2. The number of sulfone groups is 1. The van der Waals surface area contributed by atoms with Gasteiger partial charge in [-0.3, -0.25) is 0 Å². The van der Waals surface area contributed by atoms with E-state index >= 15 is 0 Å². The second-order valence-corrected chi connectivity index (χ2v) is 8.69. The molecular weight excluding hydrogens is 336 g/mol.